The number of carbonyl (C=O) groups excluding carboxylic acids is 2. The van der Waals surface area contributed by atoms with Crippen molar-refractivity contribution in [2.75, 3.05) is 19.6 Å². The number of nitrogens with zero attached hydrogens (tertiary/aromatic N) is 2. The lowest BCUT2D eigenvalue weighted by molar-refractivity contribution is -0.135. The average Bonchev–Trinajstić information content (AvgIpc) is 2.76. The number of rotatable bonds is 8. The van der Waals surface area contributed by atoms with Crippen LogP contribution in [0, 0.1) is 5.92 Å². The van der Waals surface area contributed by atoms with E-state index in [0.717, 1.165) is 37.9 Å². The molecule has 4 heteroatoms. The Morgan fingerprint density at radius 2 is 1.48 bits per heavy atom. The first-order chi connectivity index (χ1) is 14.1. The quantitative estimate of drug-likeness (QED) is 0.672. The monoisotopic (exact) mass is 392 g/mol. The molecule has 0 unspecified atom stereocenters. The van der Waals surface area contributed by atoms with E-state index >= 15 is 0 Å². The van der Waals surface area contributed by atoms with Crippen LogP contribution in [-0.4, -0.2) is 41.2 Å². The lowest BCUT2D eigenvalue weighted by atomic mass is 9.99. The molecule has 1 heterocycles. The smallest absolute Gasteiger partial charge is 0.224 e. The van der Waals surface area contributed by atoms with Crippen LogP contribution >= 0.6 is 0 Å². The van der Waals surface area contributed by atoms with Gasteiger partial charge in [0.25, 0.3) is 0 Å². The number of carbonyl (C=O) groups is 2. The first-order valence-electron chi connectivity index (χ1n) is 10.7. The van der Waals surface area contributed by atoms with Gasteiger partial charge in [-0.1, -0.05) is 67.6 Å². The minimum atomic E-state index is 0.109. The standard InChI is InChI=1S/C25H32N2O2/c1-21-14-17-26(18-15-21)25(29)16-19-27(20-23-10-6-3-7-11-23)24(28)13-12-22-8-4-2-5-9-22/h2-11,21H,12-20H2,1H3. The van der Waals surface area contributed by atoms with Gasteiger partial charge in [0, 0.05) is 39.0 Å². The number of piperidine rings is 1. The van der Waals surface area contributed by atoms with Gasteiger partial charge in [-0.2, -0.15) is 0 Å². The van der Waals surface area contributed by atoms with Crippen molar-refractivity contribution in [1.29, 1.82) is 0 Å². The Balaban J connectivity index is 1.58. The van der Waals surface area contributed by atoms with Crippen LogP contribution in [0.1, 0.15) is 43.7 Å². The molecule has 0 saturated carbocycles. The molecule has 3 rings (SSSR count). The Morgan fingerprint density at radius 3 is 2.10 bits per heavy atom. The highest BCUT2D eigenvalue weighted by Gasteiger charge is 2.22. The van der Waals surface area contributed by atoms with E-state index in [1.165, 1.54) is 5.56 Å². The topological polar surface area (TPSA) is 40.6 Å². The first kappa shape index (κ1) is 21.1. The average molecular weight is 393 g/mol. The highest BCUT2D eigenvalue weighted by Crippen LogP contribution is 2.17. The largest absolute Gasteiger partial charge is 0.343 e. The fourth-order valence-electron chi connectivity index (χ4n) is 3.80. The maximum absolute atomic E-state index is 13.0. The van der Waals surface area contributed by atoms with E-state index < -0.39 is 0 Å². The minimum Gasteiger partial charge on any atom is -0.343 e. The predicted molar refractivity (Wildman–Crippen MR) is 116 cm³/mol. The fraction of sp³-hybridized carbons (Fsp3) is 0.440. The van der Waals surface area contributed by atoms with E-state index in [1.807, 2.05) is 58.3 Å². The van der Waals surface area contributed by atoms with Gasteiger partial charge >= 0.3 is 0 Å². The van der Waals surface area contributed by atoms with Crippen molar-refractivity contribution in [3.63, 3.8) is 0 Å². The van der Waals surface area contributed by atoms with Crippen LogP contribution in [0.4, 0.5) is 0 Å². The van der Waals surface area contributed by atoms with Crippen LogP contribution in [0.2, 0.25) is 0 Å². The highest BCUT2D eigenvalue weighted by molar-refractivity contribution is 5.79. The van der Waals surface area contributed by atoms with Crippen LogP contribution in [0.25, 0.3) is 0 Å². The second-order valence-corrected chi connectivity index (χ2v) is 8.10. The highest BCUT2D eigenvalue weighted by atomic mass is 16.2. The summed E-state index contributed by atoms with van der Waals surface area (Å²) < 4.78 is 0. The first-order valence-corrected chi connectivity index (χ1v) is 10.7. The van der Waals surface area contributed by atoms with Gasteiger partial charge in [-0.3, -0.25) is 9.59 Å². The van der Waals surface area contributed by atoms with Gasteiger partial charge in [0.05, 0.1) is 0 Å². The van der Waals surface area contributed by atoms with Crippen LogP contribution in [0.15, 0.2) is 60.7 Å². The number of hydrogen-bond donors (Lipinski definition) is 0. The number of hydrogen-bond acceptors (Lipinski definition) is 2. The van der Waals surface area contributed by atoms with Crippen molar-refractivity contribution in [3.8, 4) is 0 Å². The second-order valence-electron chi connectivity index (χ2n) is 8.10. The summed E-state index contributed by atoms with van der Waals surface area (Å²) in [4.78, 5) is 29.4. The molecule has 0 atom stereocenters. The molecule has 1 fully saturated rings. The van der Waals surface area contributed by atoms with Gasteiger partial charge in [0.2, 0.25) is 11.8 Å². The van der Waals surface area contributed by atoms with E-state index in [2.05, 4.69) is 19.1 Å². The van der Waals surface area contributed by atoms with Crippen molar-refractivity contribution in [1.82, 2.24) is 9.80 Å². The molecule has 0 N–H and O–H groups in total. The summed E-state index contributed by atoms with van der Waals surface area (Å²) in [5, 5.41) is 0. The van der Waals surface area contributed by atoms with Crippen molar-refractivity contribution in [3.05, 3.63) is 71.8 Å². The summed E-state index contributed by atoms with van der Waals surface area (Å²) in [5.41, 5.74) is 2.26. The van der Waals surface area contributed by atoms with Gasteiger partial charge < -0.3 is 9.80 Å². The predicted octanol–water partition coefficient (Wildman–Crippen LogP) is 4.30. The molecule has 0 radical (unpaired) electrons. The van der Waals surface area contributed by atoms with Crippen molar-refractivity contribution in [2.24, 2.45) is 5.92 Å². The third-order valence-corrected chi connectivity index (χ3v) is 5.77. The molecule has 1 aliphatic heterocycles. The summed E-state index contributed by atoms with van der Waals surface area (Å²) in [6.45, 7) is 4.97. The normalized spacial score (nSPS) is 14.6. The number of likely N-dealkylation sites (tertiary alicyclic amines) is 1. The van der Waals surface area contributed by atoms with Crippen LogP contribution < -0.4 is 0 Å². The molecule has 0 aromatic heterocycles. The fourth-order valence-corrected chi connectivity index (χ4v) is 3.80. The number of amides is 2. The number of aryl methyl sites for hydroxylation is 1. The number of benzene rings is 2. The van der Waals surface area contributed by atoms with Crippen molar-refractivity contribution < 1.29 is 9.59 Å². The molecule has 0 bridgehead atoms. The zero-order valence-corrected chi connectivity index (χ0v) is 17.4. The molecule has 2 aromatic rings. The van der Waals surface area contributed by atoms with Gasteiger partial charge in [-0.05, 0) is 36.3 Å². The van der Waals surface area contributed by atoms with E-state index in [-0.39, 0.29) is 11.8 Å². The van der Waals surface area contributed by atoms with Gasteiger partial charge in [-0.15, -0.1) is 0 Å². The maximum atomic E-state index is 13.0. The summed E-state index contributed by atoms with van der Waals surface area (Å²) in [6.07, 6.45) is 3.75. The Morgan fingerprint density at radius 1 is 0.897 bits per heavy atom. The van der Waals surface area contributed by atoms with Crippen molar-refractivity contribution >= 4 is 11.8 Å². The Kier molecular flexibility index (Phi) is 7.85. The maximum Gasteiger partial charge on any atom is 0.224 e. The molecule has 1 aliphatic rings. The van der Waals surface area contributed by atoms with Crippen molar-refractivity contribution in [2.45, 2.75) is 45.6 Å². The van der Waals surface area contributed by atoms with Crippen LogP contribution in [0.3, 0.4) is 0 Å². The zero-order valence-electron chi connectivity index (χ0n) is 17.4. The third-order valence-electron chi connectivity index (χ3n) is 5.77. The molecule has 4 nitrogen and oxygen atoms in total. The Bertz CT molecular complexity index is 768. The summed E-state index contributed by atoms with van der Waals surface area (Å²) in [6, 6.07) is 20.1. The van der Waals surface area contributed by atoms with E-state index in [0.29, 0.717) is 31.8 Å². The van der Waals surface area contributed by atoms with E-state index in [4.69, 9.17) is 0 Å². The second kappa shape index (κ2) is 10.8. The lowest BCUT2D eigenvalue weighted by Crippen LogP contribution is -2.40. The Hall–Kier alpha value is -2.62. The minimum absolute atomic E-state index is 0.109. The summed E-state index contributed by atoms with van der Waals surface area (Å²) in [5.74, 6) is 0.983. The van der Waals surface area contributed by atoms with Crippen LogP contribution in [0.5, 0.6) is 0 Å². The molecule has 2 aromatic carbocycles. The van der Waals surface area contributed by atoms with E-state index in [1.54, 1.807) is 0 Å². The molecule has 1 saturated heterocycles. The zero-order chi connectivity index (χ0) is 20.5. The van der Waals surface area contributed by atoms with E-state index in [9.17, 15) is 9.59 Å². The van der Waals surface area contributed by atoms with Gasteiger partial charge in [0.1, 0.15) is 0 Å². The molecular formula is C25H32N2O2. The summed E-state index contributed by atoms with van der Waals surface area (Å²) in [7, 11) is 0. The lowest BCUT2D eigenvalue weighted by Gasteiger charge is -2.31. The van der Waals surface area contributed by atoms with Crippen LogP contribution in [-0.2, 0) is 22.6 Å². The molecule has 0 aliphatic carbocycles. The molecule has 29 heavy (non-hydrogen) atoms. The molecule has 154 valence electrons. The SMILES string of the molecule is CC1CCN(C(=O)CCN(Cc2ccccc2)C(=O)CCc2ccccc2)CC1. The Labute approximate surface area is 174 Å². The molecular weight excluding hydrogens is 360 g/mol. The van der Waals surface area contributed by atoms with Gasteiger partial charge in [-0.25, -0.2) is 0 Å². The van der Waals surface area contributed by atoms with Gasteiger partial charge in [0.15, 0.2) is 0 Å². The molecule has 0 spiro atoms. The molecule has 2 amide bonds. The summed E-state index contributed by atoms with van der Waals surface area (Å²) >= 11 is 0. The third kappa shape index (κ3) is 6.74.